The van der Waals surface area contributed by atoms with E-state index in [1.807, 2.05) is 22.9 Å². The van der Waals surface area contributed by atoms with Gasteiger partial charge in [-0.05, 0) is 11.4 Å². The fourth-order valence-corrected chi connectivity index (χ4v) is 2.11. The normalized spacial score (nSPS) is 15.8. The summed E-state index contributed by atoms with van der Waals surface area (Å²) in [5, 5.41) is 8.71. The fraction of sp³-hybridized carbons (Fsp3) is 0. The van der Waals surface area contributed by atoms with Crippen LogP contribution in [0.15, 0.2) is 34.3 Å². The molecule has 0 bridgehead atoms. The molecule has 1 aromatic rings. The molecule has 0 saturated heterocycles. The van der Waals surface area contributed by atoms with E-state index in [0.717, 1.165) is 9.92 Å². The van der Waals surface area contributed by atoms with Gasteiger partial charge in [-0.3, -0.25) is 0 Å². The summed E-state index contributed by atoms with van der Waals surface area (Å²) in [6.45, 7) is 0. The molecule has 0 atom stereocenters. The largest absolute Gasteiger partial charge is 0.363 e. The van der Waals surface area contributed by atoms with Gasteiger partial charge < -0.3 is 4.84 Å². The van der Waals surface area contributed by atoms with Crippen LogP contribution < -0.4 is 0 Å². The van der Waals surface area contributed by atoms with Gasteiger partial charge in [0.15, 0.2) is 5.04 Å². The standard InChI is InChI=1S/C7H5NOS2/c1-2-6(10-4-1)7-8-9-3-5-11-7/h1-5H. The Morgan fingerprint density at radius 1 is 1.45 bits per heavy atom. The zero-order valence-electron chi connectivity index (χ0n) is 5.56. The smallest absolute Gasteiger partial charge is 0.158 e. The Bertz CT molecular complexity index is 289. The number of oxime groups is 1. The van der Waals surface area contributed by atoms with Gasteiger partial charge in [-0.1, -0.05) is 23.0 Å². The monoisotopic (exact) mass is 183 g/mol. The molecule has 0 fully saturated rings. The molecule has 1 aliphatic rings. The highest BCUT2D eigenvalue weighted by atomic mass is 32.2. The minimum atomic E-state index is 0.933. The molecule has 11 heavy (non-hydrogen) atoms. The molecule has 0 unspecified atom stereocenters. The quantitative estimate of drug-likeness (QED) is 0.667. The third-order valence-corrected chi connectivity index (χ3v) is 2.93. The molecule has 0 amide bonds. The average molecular weight is 183 g/mol. The highest BCUT2D eigenvalue weighted by Gasteiger charge is 2.06. The molecule has 2 nitrogen and oxygen atoms in total. The van der Waals surface area contributed by atoms with Crippen LogP contribution in [0.25, 0.3) is 0 Å². The van der Waals surface area contributed by atoms with Crippen LogP contribution in [-0.2, 0) is 4.84 Å². The van der Waals surface area contributed by atoms with E-state index in [2.05, 4.69) is 5.16 Å². The molecule has 2 heterocycles. The molecule has 0 radical (unpaired) electrons. The molecule has 56 valence electrons. The topological polar surface area (TPSA) is 21.6 Å². The van der Waals surface area contributed by atoms with Crippen molar-refractivity contribution in [3.05, 3.63) is 34.1 Å². The van der Waals surface area contributed by atoms with Crippen molar-refractivity contribution in [3.63, 3.8) is 0 Å². The highest BCUT2D eigenvalue weighted by molar-refractivity contribution is 8.17. The molecule has 0 N–H and O–H groups in total. The van der Waals surface area contributed by atoms with Gasteiger partial charge in [-0.2, -0.15) is 0 Å². The predicted molar refractivity (Wildman–Crippen MR) is 48.7 cm³/mol. The van der Waals surface area contributed by atoms with Gasteiger partial charge in [-0.25, -0.2) is 0 Å². The first-order chi connectivity index (χ1) is 5.47. The minimum absolute atomic E-state index is 0.933. The molecule has 1 aliphatic heterocycles. The lowest BCUT2D eigenvalue weighted by Gasteiger charge is -2.01. The first kappa shape index (κ1) is 6.94. The van der Waals surface area contributed by atoms with Gasteiger partial charge in [0.25, 0.3) is 0 Å². The van der Waals surface area contributed by atoms with Crippen molar-refractivity contribution < 1.29 is 4.84 Å². The molecule has 1 aromatic heterocycles. The molecular weight excluding hydrogens is 178 g/mol. The maximum Gasteiger partial charge on any atom is 0.158 e. The molecule has 0 spiro atoms. The SMILES string of the molecule is C1=CSC(c2cccs2)=NO1. The van der Waals surface area contributed by atoms with Gasteiger partial charge in [0, 0.05) is 5.41 Å². The maximum atomic E-state index is 4.80. The van der Waals surface area contributed by atoms with Crippen molar-refractivity contribution in [1.82, 2.24) is 0 Å². The summed E-state index contributed by atoms with van der Waals surface area (Å²) in [5.41, 5.74) is 0. The van der Waals surface area contributed by atoms with E-state index >= 15 is 0 Å². The molecule has 0 aliphatic carbocycles. The molecule has 0 aromatic carbocycles. The van der Waals surface area contributed by atoms with Crippen LogP contribution in [0.2, 0.25) is 0 Å². The van der Waals surface area contributed by atoms with Crippen molar-refractivity contribution >= 4 is 28.1 Å². The van der Waals surface area contributed by atoms with E-state index < -0.39 is 0 Å². The number of nitrogens with zero attached hydrogens (tertiary/aromatic N) is 1. The van der Waals surface area contributed by atoms with Gasteiger partial charge in [-0.15, -0.1) is 11.3 Å². The summed E-state index contributed by atoms with van der Waals surface area (Å²) < 4.78 is 0. The van der Waals surface area contributed by atoms with Crippen LogP contribution in [0.4, 0.5) is 0 Å². The second-order valence-electron chi connectivity index (χ2n) is 1.87. The average Bonchev–Trinajstić information content (AvgIpc) is 2.58. The second-order valence-corrected chi connectivity index (χ2v) is 3.71. The lowest BCUT2D eigenvalue weighted by atomic mass is 10.5. The first-order valence-electron chi connectivity index (χ1n) is 3.06. The van der Waals surface area contributed by atoms with Crippen LogP contribution in [0.1, 0.15) is 4.88 Å². The van der Waals surface area contributed by atoms with E-state index in [1.165, 1.54) is 0 Å². The van der Waals surface area contributed by atoms with Crippen LogP contribution in [0, 0.1) is 0 Å². The number of thioether (sulfide) groups is 1. The lowest BCUT2D eigenvalue weighted by molar-refractivity contribution is 0.269. The Balaban J connectivity index is 2.24. The van der Waals surface area contributed by atoms with E-state index in [0.29, 0.717) is 0 Å². The summed E-state index contributed by atoms with van der Waals surface area (Å²) in [6.07, 6.45) is 1.57. The Morgan fingerprint density at radius 2 is 2.45 bits per heavy atom. The predicted octanol–water partition coefficient (Wildman–Crippen LogP) is 2.64. The summed E-state index contributed by atoms with van der Waals surface area (Å²) >= 11 is 3.24. The van der Waals surface area contributed by atoms with E-state index in [1.54, 1.807) is 29.4 Å². The number of thiophene rings is 1. The van der Waals surface area contributed by atoms with E-state index in [4.69, 9.17) is 4.84 Å². The Morgan fingerprint density at radius 3 is 3.09 bits per heavy atom. The van der Waals surface area contributed by atoms with Crippen LogP contribution in [0.3, 0.4) is 0 Å². The van der Waals surface area contributed by atoms with Crippen molar-refractivity contribution in [2.24, 2.45) is 5.16 Å². The fourth-order valence-electron chi connectivity index (χ4n) is 0.720. The third kappa shape index (κ3) is 1.46. The number of hydrogen-bond donors (Lipinski definition) is 0. The highest BCUT2D eigenvalue weighted by Crippen LogP contribution is 2.21. The first-order valence-corrected chi connectivity index (χ1v) is 4.82. The van der Waals surface area contributed by atoms with Crippen molar-refractivity contribution in [3.8, 4) is 0 Å². The third-order valence-electron chi connectivity index (χ3n) is 1.16. The Hall–Kier alpha value is -0.740. The van der Waals surface area contributed by atoms with Crippen molar-refractivity contribution in [2.75, 3.05) is 0 Å². The molecule has 0 saturated carbocycles. The lowest BCUT2D eigenvalue weighted by Crippen LogP contribution is -1.93. The molecular formula is C7H5NOS2. The Labute approximate surface area is 72.6 Å². The van der Waals surface area contributed by atoms with Gasteiger partial charge in [0.1, 0.15) is 6.26 Å². The van der Waals surface area contributed by atoms with Gasteiger partial charge in [0.2, 0.25) is 0 Å². The Kier molecular flexibility index (Phi) is 1.96. The summed E-state index contributed by atoms with van der Waals surface area (Å²) in [5.74, 6) is 0. The number of rotatable bonds is 1. The summed E-state index contributed by atoms with van der Waals surface area (Å²) in [7, 11) is 0. The van der Waals surface area contributed by atoms with Gasteiger partial charge in [0.05, 0.1) is 4.88 Å². The summed E-state index contributed by atoms with van der Waals surface area (Å²) in [6, 6.07) is 4.03. The van der Waals surface area contributed by atoms with Crippen molar-refractivity contribution in [2.45, 2.75) is 0 Å². The second kappa shape index (κ2) is 3.11. The maximum absolute atomic E-state index is 4.80. The van der Waals surface area contributed by atoms with Gasteiger partial charge >= 0.3 is 0 Å². The molecule has 2 rings (SSSR count). The van der Waals surface area contributed by atoms with Crippen molar-refractivity contribution in [1.29, 1.82) is 0 Å². The summed E-state index contributed by atoms with van der Waals surface area (Å²) in [4.78, 5) is 5.95. The van der Waals surface area contributed by atoms with Crippen LogP contribution in [0.5, 0.6) is 0 Å². The van der Waals surface area contributed by atoms with Crippen LogP contribution >= 0.6 is 23.1 Å². The number of hydrogen-bond acceptors (Lipinski definition) is 4. The minimum Gasteiger partial charge on any atom is -0.363 e. The van der Waals surface area contributed by atoms with E-state index in [-0.39, 0.29) is 0 Å². The van der Waals surface area contributed by atoms with Crippen LogP contribution in [-0.4, -0.2) is 5.04 Å². The zero-order chi connectivity index (χ0) is 7.52. The van der Waals surface area contributed by atoms with E-state index in [9.17, 15) is 0 Å². The molecule has 4 heteroatoms. The zero-order valence-corrected chi connectivity index (χ0v) is 7.19.